The molecular weight excluding hydrogens is 160 g/mol. The summed E-state index contributed by atoms with van der Waals surface area (Å²) in [5.74, 6) is 0.694. The fraction of sp³-hybridized carbons (Fsp3) is 0.333. The standard InChI is InChI=1S/C6H10N4S/c1-2-10(5(7)11)6-8-3-4-9-6/h3-4H,2H2,1H3,(H2,7,11)(H,8,9). The summed E-state index contributed by atoms with van der Waals surface area (Å²) in [4.78, 5) is 8.65. The smallest absolute Gasteiger partial charge is 0.209 e. The first kappa shape index (κ1) is 8.00. The van der Waals surface area contributed by atoms with Crippen LogP contribution < -0.4 is 10.6 Å². The van der Waals surface area contributed by atoms with Gasteiger partial charge in [-0.25, -0.2) is 4.98 Å². The van der Waals surface area contributed by atoms with Gasteiger partial charge in [-0.05, 0) is 19.1 Å². The van der Waals surface area contributed by atoms with Crippen LogP contribution in [0.1, 0.15) is 6.92 Å². The summed E-state index contributed by atoms with van der Waals surface area (Å²) in [7, 11) is 0. The lowest BCUT2D eigenvalue weighted by atomic mass is 10.6. The van der Waals surface area contributed by atoms with E-state index in [0.717, 1.165) is 6.54 Å². The monoisotopic (exact) mass is 170 g/mol. The van der Waals surface area contributed by atoms with Gasteiger partial charge < -0.3 is 10.7 Å². The number of nitrogens with two attached hydrogens (primary N) is 1. The number of imidazole rings is 1. The zero-order chi connectivity index (χ0) is 8.27. The van der Waals surface area contributed by atoms with E-state index in [0.29, 0.717) is 11.1 Å². The van der Waals surface area contributed by atoms with Crippen LogP contribution in [0.3, 0.4) is 0 Å². The summed E-state index contributed by atoms with van der Waals surface area (Å²) < 4.78 is 0. The lowest BCUT2D eigenvalue weighted by Crippen LogP contribution is -2.35. The van der Waals surface area contributed by atoms with Crippen molar-refractivity contribution < 1.29 is 0 Å². The Hall–Kier alpha value is -1.10. The van der Waals surface area contributed by atoms with Crippen LogP contribution in [0.25, 0.3) is 0 Å². The third-order valence-electron chi connectivity index (χ3n) is 1.32. The molecule has 0 saturated carbocycles. The third-order valence-corrected chi connectivity index (χ3v) is 1.54. The predicted octanol–water partition coefficient (Wildman–Crippen LogP) is 0.480. The molecular formula is C6H10N4S. The number of rotatable bonds is 2. The number of nitrogens with one attached hydrogen (secondary N) is 1. The van der Waals surface area contributed by atoms with Crippen LogP contribution >= 0.6 is 12.2 Å². The quantitative estimate of drug-likeness (QED) is 0.634. The Bertz CT molecular complexity index is 231. The van der Waals surface area contributed by atoms with Crippen molar-refractivity contribution >= 4 is 23.3 Å². The first-order chi connectivity index (χ1) is 5.25. The average Bonchev–Trinajstić information content (AvgIpc) is 2.40. The fourth-order valence-corrected chi connectivity index (χ4v) is 1.03. The molecule has 0 aromatic carbocycles. The number of thiocarbonyl (C=S) groups is 1. The van der Waals surface area contributed by atoms with E-state index < -0.39 is 0 Å². The molecule has 0 bridgehead atoms. The molecule has 1 heterocycles. The first-order valence-electron chi connectivity index (χ1n) is 3.32. The second-order valence-corrected chi connectivity index (χ2v) is 2.41. The van der Waals surface area contributed by atoms with Crippen LogP contribution in [-0.4, -0.2) is 21.6 Å². The fourth-order valence-electron chi connectivity index (χ4n) is 0.815. The van der Waals surface area contributed by atoms with Gasteiger partial charge in [0, 0.05) is 18.9 Å². The molecule has 1 rings (SSSR count). The largest absolute Gasteiger partial charge is 0.376 e. The Kier molecular flexibility index (Phi) is 2.43. The summed E-state index contributed by atoms with van der Waals surface area (Å²) in [6.07, 6.45) is 3.40. The molecule has 0 saturated heterocycles. The summed E-state index contributed by atoms with van der Waals surface area (Å²) in [5, 5.41) is 0.336. The minimum absolute atomic E-state index is 0.336. The van der Waals surface area contributed by atoms with Gasteiger partial charge in [-0.1, -0.05) is 0 Å². The van der Waals surface area contributed by atoms with Crippen LogP contribution in [0.4, 0.5) is 5.95 Å². The predicted molar refractivity (Wildman–Crippen MR) is 48.4 cm³/mol. The number of nitrogens with zero attached hydrogens (tertiary/aromatic N) is 2. The molecule has 11 heavy (non-hydrogen) atoms. The zero-order valence-electron chi connectivity index (χ0n) is 6.24. The number of aromatic nitrogens is 2. The molecule has 0 radical (unpaired) electrons. The normalized spacial score (nSPS) is 9.55. The maximum Gasteiger partial charge on any atom is 0.209 e. The average molecular weight is 170 g/mol. The van der Waals surface area contributed by atoms with E-state index in [4.69, 9.17) is 18.0 Å². The van der Waals surface area contributed by atoms with E-state index in [1.165, 1.54) is 0 Å². The van der Waals surface area contributed by atoms with Crippen LogP contribution in [0, 0.1) is 0 Å². The SMILES string of the molecule is CCN(C(N)=S)c1ncc[nH]1. The zero-order valence-corrected chi connectivity index (χ0v) is 7.06. The molecule has 5 heteroatoms. The topological polar surface area (TPSA) is 57.9 Å². The molecule has 60 valence electrons. The van der Waals surface area contributed by atoms with Crippen molar-refractivity contribution in [3.63, 3.8) is 0 Å². The summed E-state index contributed by atoms with van der Waals surface area (Å²) in [6.45, 7) is 2.69. The second-order valence-electron chi connectivity index (χ2n) is 2.00. The molecule has 0 atom stereocenters. The molecule has 1 aromatic rings. The summed E-state index contributed by atoms with van der Waals surface area (Å²) >= 11 is 4.81. The summed E-state index contributed by atoms with van der Waals surface area (Å²) in [5.41, 5.74) is 5.44. The van der Waals surface area contributed by atoms with Gasteiger partial charge in [-0.2, -0.15) is 0 Å². The molecule has 0 amide bonds. The minimum Gasteiger partial charge on any atom is -0.376 e. The molecule has 4 nitrogen and oxygen atoms in total. The molecule has 0 spiro atoms. The lowest BCUT2D eigenvalue weighted by molar-refractivity contribution is 1.00. The van der Waals surface area contributed by atoms with Gasteiger partial charge in [0.2, 0.25) is 5.95 Å². The number of hydrogen-bond acceptors (Lipinski definition) is 2. The summed E-state index contributed by atoms with van der Waals surface area (Å²) in [6, 6.07) is 0. The number of aromatic amines is 1. The van der Waals surface area contributed by atoms with Crippen LogP contribution in [0.5, 0.6) is 0 Å². The molecule has 0 aliphatic carbocycles. The van der Waals surface area contributed by atoms with Crippen molar-refractivity contribution in [3.05, 3.63) is 12.4 Å². The second kappa shape index (κ2) is 3.34. The molecule has 3 N–H and O–H groups in total. The van der Waals surface area contributed by atoms with Crippen molar-refractivity contribution in [2.45, 2.75) is 6.92 Å². The third kappa shape index (κ3) is 1.68. The van der Waals surface area contributed by atoms with Crippen LogP contribution in [0.2, 0.25) is 0 Å². The van der Waals surface area contributed by atoms with Gasteiger partial charge in [-0.3, -0.25) is 4.90 Å². The minimum atomic E-state index is 0.336. The highest BCUT2D eigenvalue weighted by atomic mass is 32.1. The highest BCUT2D eigenvalue weighted by molar-refractivity contribution is 7.80. The number of H-pyrrole nitrogens is 1. The van der Waals surface area contributed by atoms with Crippen molar-refractivity contribution in [2.75, 3.05) is 11.4 Å². The van der Waals surface area contributed by atoms with Crippen LogP contribution in [-0.2, 0) is 0 Å². The van der Waals surface area contributed by atoms with E-state index in [1.807, 2.05) is 6.92 Å². The van der Waals surface area contributed by atoms with E-state index in [-0.39, 0.29) is 0 Å². The number of anilines is 1. The van der Waals surface area contributed by atoms with Crippen molar-refractivity contribution in [2.24, 2.45) is 5.73 Å². The van der Waals surface area contributed by atoms with E-state index >= 15 is 0 Å². The maximum absolute atomic E-state index is 5.44. The Labute approximate surface area is 70.4 Å². The molecule has 1 aromatic heterocycles. The maximum atomic E-state index is 5.44. The molecule has 0 aliphatic heterocycles. The van der Waals surface area contributed by atoms with Crippen molar-refractivity contribution in [1.29, 1.82) is 0 Å². The van der Waals surface area contributed by atoms with E-state index in [1.54, 1.807) is 17.3 Å². The Balaban J connectivity index is 2.79. The lowest BCUT2D eigenvalue weighted by Gasteiger charge is -2.16. The Morgan fingerprint density at radius 2 is 2.64 bits per heavy atom. The van der Waals surface area contributed by atoms with Crippen molar-refractivity contribution in [3.8, 4) is 0 Å². The van der Waals surface area contributed by atoms with Gasteiger partial charge in [0.25, 0.3) is 0 Å². The highest BCUT2D eigenvalue weighted by Gasteiger charge is 2.07. The first-order valence-corrected chi connectivity index (χ1v) is 3.73. The Morgan fingerprint density at radius 1 is 1.91 bits per heavy atom. The van der Waals surface area contributed by atoms with E-state index in [2.05, 4.69) is 9.97 Å². The molecule has 0 fully saturated rings. The molecule has 0 unspecified atom stereocenters. The number of hydrogen-bond donors (Lipinski definition) is 2. The van der Waals surface area contributed by atoms with Crippen molar-refractivity contribution in [1.82, 2.24) is 9.97 Å². The van der Waals surface area contributed by atoms with Gasteiger partial charge in [-0.15, -0.1) is 0 Å². The molecule has 0 aliphatic rings. The van der Waals surface area contributed by atoms with Gasteiger partial charge in [0.1, 0.15) is 0 Å². The van der Waals surface area contributed by atoms with Gasteiger partial charge in [0.05, 0.1) is 0 Å². The van der Waals surface area contributed by atoms with Gasteiger partial charge in [0.15, 0.2) is 5.11 Å². The highest BCUT2D eigenvalue weighted by Crippen LogP contribution is 2.03. The van der Waals surface area contributed by atoms with E-state index in [9.17, 15) is 0 Å². The Morgan fingerprint density at radius 3 is 3.00 bits per heavy atom. The van der Waals surface area contributed by atoms with Gasteiger partial charge >= 0.3 is 0 Å². The van der Waals surface area contributed by atoms with Crippen LogP contribution in [0.15, 0.2) is 12.4 Å².